The molecular weight excluding hydrogens is 446 g/mol. The predicted molar refractivity (Wildman–Crippen MR) is 128 cm³/mol. The summed E-state index contributed by atoms with van der Waals surface area (Å²) in [4.78, 5) is 22.9. The van der Waals surface area contributed by atoms with E-state index in [-0.39, 0.29) is 12.6 Å². The molecule has 0 atom stereocenters. The molecule has 0 heterocycles. The monoisotopic (exact) mass is 493 g/mol. The molecule has 0 aliphatic heterocycles. The molecule has 0 radical (unpaired) electrons. The smallest absolute Gasteiger partial charge is 0.407 e. The van der Waals surface area contributed by atoms with E-state index in [2.05, 4.69) is 12.2 Å². The number of nitrogens with one attached hydrogen (secondary N) is 1. The van der Waals surface area contributed by atoms with Crippen molar-refractivity contribution in [1.29, 1.82) is 0 Å². The van der Waals surface area contributed by atoms with E-state index in [0.717, 1.165) is 25.7 Å². The fraction of sp³-hybridized carbons (Fsp3) is 0.917. The molecule has 0 aliphatic carbocycles. The summed E-state index contributed by atoms with van der Waals surface area (Å²) < 4.78 is 37.2. The molecule has 0 aromatic heterocycles. The Bertz CT molecular complexity index is 484. The van der Waals surface area contributed by atoms with Gasteiger partial charge in [-0.25, -0.2) is 4.79 Å². The molecule has 0 bridgehead atoms. The van der Waals surface area contributed by atoms with Crippen molar-refractivity contribution in [1.82, 2.24) is 5.32 Å². The Kier molecular flexibility index (Phi) is 22.3. The third kappa shape index (κ3) is 26.8. The van der Waals surface area contributed by atoms with Crippen molar-refractivity contribution in [2.75, 3.05) is 79.2 Å². The molecule has 0 aromatic carbocycles. The average molecular weight is 494 g/mol. The standard InChI is InChI=1S/C24H47NO9/c1-5-6-7-8-9-22(26)33-21-20-32-19-18-31-17-16-30-15-14-29-13-12-28-11-10-25-23(27)34-24(2,3)4/h5-21H2,1-4H3,(H,25,27). The zero-order chi connectivity index (χ0) is 25.3. The number of rotatable bonds is 23. The van der Waals surface area contributed by atoms with Crippen LogP contribution in [0.5, 0.6) is 0 Å². The van der Waals surface area contributed by atoms with Crippen LogP contribution in [0.25, 0.3) is 0 Å². The number of amides is 1. The zero-order valence-electron chi connectivity index (χ0n) is 21.7. The molecular formula is C24H47NO9. The Morgan fingerprint density at radius 1 is 0.647 bits per heavy atom. The maximum absolute atomic E-state index is 11.5. The molecule has 0 saturated carbocycles. The van der Waals surface area contributed by atoms with Crippen LogP contribution in [0.15, 0.2) is 0 Å². The second-order valence-corrected chi connectivity index (χ2v) is 8.52. The molecule has 0 saturated heterocycles. The van der Waals surface area contributed by atoms with Crippen LogP contribution in [0.1, 0.15) is 59.8 Å². The van der Waals surface area contributed by atoms with Gasteiger partial charge in [0.2, 0.25) is 0 Å². The zero-order valence-corrected chi connectivity index (χ0v) is 21.7. The van der Waals surface area contributed by atoms with Crippen molar-refractivity contribution < 1.29 is 42.7 Å². The average Bonchev–Trinajstić information content (AvgIpc) is 2.77. The lowest BCUT2D eigenvalue weighted by atomic mass is 10.2. The fourth-order valence-electron chi connectivity index (χ4n) is 2.50. The molecule has 0 aromatic rings. The molecule has 0 aliphatic rings. The highest BCUT2D eigenvalue weighted by atomic mass is 16.6. The number of unbranched alkanes of at least 4 members (excludes halogenated alkanes) is 3. The van der Waals surface area contributed by atoms with Gasteiger partial charge in [0, 0.05) is 13.0 Å². The van der Waals surface area contributed by atoms with Crippen LogP contribution in [0.2, 0.25) is 0 Å². The van der Waals surface area contributed by atoms with Gasteiger partial charge in [-0.2, -0.15) is 0 Å². The Morgan fingerprint density at radius 3 is 1.59 bits per heavy atom. The first-order valence-electron chi connectivity index (χ1n) is 12.4. The third-order valence-electron chi connectivity index (χ3n) is 4.13. The van der Waals surface area contributed by atoms with Gasteiger partial charge in [0.15, 0.2) is 0 Å². The van der Waals surface area contributed by atoms with Gasteiger partial charge in [-0.1, -0.05) is 26.2 Å². The topological polar surface area (TPSA) is 111 Å². The van der Waals surface area contributed by atoms with E-state index in [1.807, 2.05) is 20.8 Å². The number of hydrogen-bond donors (Lipinski definition) is 1. The van der Waals surface area contributed by atoms with Crippen molar-refractivity contribution in [2.24, 2.45) is 0 Å². The summed E-state index contributed by atoms with van der Waals surface area (Å²) in [6.07, 6.45) is 4.30. The summed E-state index contributed by atoms with van der Waals surface area (Å²) in [6.45, 7) is 12.7. The van der Waals surface area contributed by atoms with Gasteiger partial charge in [0.25, 0.3) is 0 Å². The fourth-order valence-corrected chi connectivity index (χ4v) is 2.50. The van der Waals surface area contributed by atoms with Crippen LogP contribution in [0.4, 0.5) is 4.79 Å². The van der Waals surface area contributed by atoms with E-state index in [4.69, 9.17) is 33.2 Å². The Hall–Kier alpha value is -1.46. The number of alkyl carbamates (subject to hydrolysis) is 1. The summed E-state index contributed by atoms with van der Waals surface area (Å²) in [5.74, 6) is -0.155. The summed E-state index contributed by atoms with van der Waals surface area (Å²) in [6, 6.07) is 0. The van der Waals surface area contributed by atoms with Crippen LogP contribution in [0, 0.1) is 0 Å². The van der Waals surface area contributed by atoms with Crippen molar-refractivity contribution >= 4 is 12.1 Å². The quantitative estimate of drug-likeness (QED) is 0.169. The third-order valence-corrected chi connectivity index (χ3v) is 4.13. The van der Waals surface area contributed by atoms with E-state index in [1.165, 1.54) is 0 Å². The lowest BCUT2D eigenvalue weighted by Crippen LogP contribution is -2.34. The summed E-state index contributed by atoms with van der Waals surface area (Å²) >= 11 is 0. The second-order valence-electron chi connectivity index (χ2n) is 8.52. The Labute approximate surface area is 205 Å². The van der Waals surface area contributed by atoms with E-state index in [1.54, 1.807) is 0 Å². The number of carbonyl (C=O) groups excluding carboxylic acids is 2. The molecule has 1 N–H and O–H groups in total. The molecule has 10 heteroatoms. The minimum absolute atomic E-state index is 0.155. The molecule has 0 spiro atoms. The van der Waals surface area contributed by atoms with Gasteiger partial charge in [0.1, 0.15) is 12.2 Å². The van der Waals surface area contributed by atoms with E-state index < -0.39 is 11.7 Å². The van der Waals surface area contributed by atoms with Crippen LogP contribution >= 0.6 is 0 Å². The van der Waals surface area contributed by atoms with Gasteiger partial charge < -0.3 is 38.5 Å². The van der Waals surface area contributed by atoms with Crippen molar-refractivity contribution in [3.63, 3.8) is 0 Å². The van der Waals surface area contributed by atoms with Crippen LogP contribution in [-0.2, 0) is 38.0 Å². The van der Waals surface area contributed by atoms with Crippen molar-refractivity contribution in [3.05, 3.63) is 0 Å². The minimum atomic E-state index is -0.507. The first kappa shape index (κ1) is 32.5. The second kappa shape index (κ2) is 23.3. The number of esters is 1. The minimum Gasteiger partial charge on any atom is -0.463 e. The van der Waals surface area contributed by atoms with E-state index in [0.29, 0.717) is 79.0 Å². The van der Waals surface area contributed by atoms with E-state index in [9.17, 15) is 9.59 Å². The lowest BCUT2D eigenvalue weighted by molar-refractivity contribution is -0.145. The highest BCUT2D eigenvalue weighted by molar-refractivity contribution is 5.69. The Morgan fingerprint density at radius 2 is 1.12 bits per heavy atom. The molecule has 202 valence electrons. The van der Waals surface area contributed by atoms with Crippen LogP contribution in [0.3, 0.4) is 0 Å². The van der Waals surface area contributed by atoms with Crippen molar-refractivity contribution in [3.8, 4) is 0 Å². The SMILES string of the molecule is CCCCCCC(=O)OCCOCCOCCOCCOCCOCCNC(=O)OC(C)(C)C. The highest BCUT2D eigenvalue weighted by Crippen LogP contribution is 2.06. The summed E-state index contributed by atoms with van der Waals surface area (Å²) in [5.41, 5.74) is -0.507. The first-order chi connectivity index (χ1) is 16.3. The van der Waals surface area contributed by atoms with Gasteiger partial charge in [-0.3, -0.25) is 4.79 Å². The van der Waals surface area contributed by atoms with Gasteiger partial charge >= 0.3 is 12.1 Å². The summed E-state index contributed by atoms with van der Waals surface area (Å²) in [5, 5.41) is 2.62. The first-order valence-corrected chi connectivity index (χ1v) is 12.4. The van der Waals surface area contributed by atoms with Crippen LogP contribution < -0.4 is 5.32 Å². The largest absolute Gasteiger partial charge is 0.463 e. The molecule has 34 heavy (non-hydrogen) atoms. The van der Waals surface area contributed by atoms with Gasteiger partial charge in [-0.05, 0) is 27.2 Å². The maximum Gasteiger partial charge on any atom is 0.407 e. The van der Waals surface area contributed by atoms with Crippen molar-refractivity contribution in [2.45, 2.75) is 65.4 Å². The molecule has 10 nitrogen and oxygen atoms in total. The maximum atomic E-state index is 11.5. The molecule has 0 rings (SSSR count). The predicted octanol–water partition coefficient (Wildman–Crippen LogP) is 3.11. The number of ether oxygens (including phenoxy) is 7. The van der Waals surface area contributed by atoms with Crippen LogP contribution in [-0.4, -0.2) is 96.9 Å². The highest BCUT2D eigenvalue weighted by Gasteiger charge is 2.15. The van der Waals surface area contributed by atoms with Gasteiger partial charge in [0.05, 0.1) is 66.1 Å². The molecule has 0 fully saturated rings. The van der Waals surface area contributed by atoms with Gasteiger partial charge in [-0.15, -0.1) is 0 Å². The number of carbonyl (C=O) groups is 2. The lowest BCUT2D eigenvalue weighted by Gasteiger charge is -2.19. The number of hydrogen-bond acceptors (Lipinski definition) is 9. The Balaban J connectivity index is 3.18. The molecule has 1 amide bonds. The summed E-state index contributed by atoms with van der Waals surface area (Å²) in [7, 11) is 0. The normalized spacial score (nSPS) is 11.4. The van der Waals surface area contributed by atoms with E-state index >= 15 is 0 Å². The molecule has 0 unspecified atom stereocenters.